The lowest BCUT2D eigenvalue weighted by Crippen LogP contribution is -2.42. The number of benzene rings is 1. The molecule has 0 spiro atoms. The molecule has 0 radical (unpaired) electrons. The van der Waals surface area contributed by atoms with Gasteiger partial charge in [-0.1, -0.05) is 49.3 Å². The molecule has 1 aromatic carbocycles. The summed E-state index contributed by atoms with van der Waals surface area (Å²) in [6, 6.07) is 9.36. The van der Waals surface area contributed by atoms with Crippen molar-refractivity contribution in [3.8, 4) is 11.3 Å². The smallest absolute Gasteiger partial charge is 0.197 e. The quantitative estimate of drug-likeness (QED) is 0.852. The van der Waals surface area contributed by atoms with Crippen molar-refractivity contribution in [1.29, 1.82) is 0 Å². The Morgan fingerprint density at radius 2 is 2.00 bits per heavy atom. The molecule has 1 heterocycles. The second kappa shape index (κ2) is 4.03. The minimum Gasteiger partial charge on any atom is -0.384 e. The van der Waals surface area contributed by atoms with Gasteiger partial charge in [-0.05, 0) is 0 Å². The Kier molecular flexibility index (Phi) is 2.57. The Balaban J connectivity index is 2.15. The Morgan fingerprint density at radius 1 is 1.32 bits per heavy atom. The lowest BCUT2D eigenvalue weighted by Gasteiger charge is -2.32. The number of hydrogen-bond donors (Lipinski definition) is 1. The van der Waals surface area contributed by atoms with E-state index in [2.05, 4.69) is 5.16 Å². The number of aliphatic hydroxyl groups is 1. The molecule has 1 aromatic heterocycles. The summed E-state index contributed by atoms with van der Waals surface area (Å²) in [7, 11) is 0. The number of nitrogens with zero attached hydrogens (tertiary/aromatic N) is 1. The SMILES string of the molecule is CC1(C)Cc2noc(-c3ccccc3)c2C(=O)C1O. The van der Waals surface area contributed by atoms with E-state index in [9.17, 15) is 9.90 Å². The van der Waals surface area contributed by atoms with Crippen LogP contribution in [0.25, 0.3) is 11.3 Å². The average Bonchev–Trinajstić information content (AvgIpc) is 2.80. The first-order valence-electron chi connectivity index (χ1n) is 6.27. The van der Waals surface area contributed by atoms with E-state index < -0.39 is 11.5 Å². The summed E-state index contributed by atoms with van der Waals surface area (Å²) in [5, 5.41) is 14.1. The molecule has 1 unspecified atom stereocenters. The Labute approximate surface area is 111 Å². The first-order valence-corrected chi connectivity index (χ1v) is 6.27. The summed E-state index contributed by atoms with van der Waals surface area (Å²) in [6.07, 6.45) is -0.479. The van der Waals surface area contributed by atoms with Crippen LogP contribution in [0.5, 0.6) is 0 Å². The number of carbonyl (C=O) groups is 1. The molecule has 1 aliphatic carbocycles. The van der Waals surface area contributed by atoms with Crippen molar-refractivity contribution in [2.24, 2.45) is 5.41 Å². The topological polar surface area (TPSA) is 63.3 Å². The first-order chi connectivity index (χ1) is 9.00. The van der Waals surface area contributed by atoms with E-state index >= 15 is 0 Å². The number of fused-ring (bicyclic) bond motifs is 1. The van der Waals surface area contributed by atoms with Crippen molar-refractivity contribution >= 4 is 5.78 Å². The van der Waals surface area contributed by atoms with E-state index in [0.717, 1.165) is 5.56 Å². The van der Waals surface area contributed by atoms with Crippen LogP contribution >= 0.6 is 0 Å². The van der Waals surface area contributed by atoms with E-state index in [1.54, 1.807) is 0 Å². The van der Waals surface area contributed by atoms with Crippen LogP contribution in [-0.4, -0.2) is 22.2 Å². The van der Waals surface area contributed by atoms with Gasteiger partial charge in [-0.25, -0.2) is 0 Å². The number of hydrogen-bond acceptors (Lipinski definition) is 4. The predicted octanol–water partition coefficient (Wildman–Crippen LogP) is 2.47. The standard InChI is InChI=1S/C15H15NO3/c1-15(2)8-10-11(12(17)14(15)18)13(19-16-10)9-6-4-3-5-7-9/h3-7,14,18H,8H2,1-2H3. The summed E-state index contributed by atoms with van der Waals surface area (Å²) in [4.78, 5) is 12.3. The molecule has 2 aromatic rings. The van der Waals surface area contributed by atoms with Crippen LogP contribution in [0.1, 0.15) is 29.9 Å². The number of rotatable bonds is 1. The Morgan fingerprint density at radius 3 is 2.68 bits per heavy atom. The molecule has 1 aliphatic rings. The highest BCUT2D eigenvalue weighted by molar-refractivity contribution is 6.06. The van der Waals surface area contributed by atoms with Crippen LogP contribution in [0.3, 0.4) is 0 Å². The van der Waals surface area contributed by atoms with Crippen molar-refractivity contribution in [2.75, 3.05) is 0 Å². The molecule has 0 fully saturated rings. The molecular formula is C15H15NO3. The van der Waals surface area contributed by atoms with E-state index in [4.69, 9.17) is 4.52 Å². The third-order valence-corrected chi connectivity index (χ3v) is 3.66. The minimum atomic E-state index is -1.01. The van der Waals surface area contributed by atoms with Crippen molar-refractivity contribution in [3.63, 3.8) is 0 Å². The van der Waals surface area contributed by atoms with E-state index in [0.29, 0.717) is 23.4 Å². The van der Waals surface area contributed by atoms with Gasteiger partial charge in [0, 0.05) is 17.4 Å². The van der Waals surface area contributed by atoms with Gasteiger partial charge in [0.25, 0.3) is 0 Å². The van der Waals surface area contributed by atoms with E-state index in [1.807, 2.05) is 44.2 Å². The maximum absolute atomic E-state index is 12.3. The highest BCUT2D eigenvalue weighted by Crippen LogP contribution is 2.38. The van der Waals surface area contributed by atoms with Crippen molar-refractivity contribution in [2.45, 2.75) is 26.4 Å². The largest absolute Gasteiger partial charge is 0.384 e. The molecule has 3 rings (SSSR count). The number of Topliss-reactive ketones (excluding diaryl/α,β-unsaturated/α-hetero) is 1. The maximum atomic E-state index is 12.3. The highest BCUT2D eigenvalue weighted by Gasteiger charge is 2.43. The summed E-state index contributed by atoms with van der Waals surface area (Å²) in [5.41, 5.74) is 1.36. The molecular weight excluding hydrogens is 242 g/mol. The molecule has 98 valence electrons. The lowest BCUT2D eigenvalue weighted by molar-refractivity contribution is 0.0335. The fourth-order valence-corrected chi connectivity index (χ4v) is 2.50. The molecule has 0 aliphatic heterocycles. The predicted molar refractivity (Wildman–Crippen MR) is 69.8 cm³/mol. The van der Waals surface area contributed by atoms with E-state index in [1.165, 1.54) is 0 Å². The minimum absolute atomic E-state index is 0.300. The van der Waals surface area contributed by atoms with Crippen LogP contribution in [0.15, 0.2) is 34.9 Å². The van der Waals surface area contributed by atoms with Gasteiger partial charge in [0.2, 0.25) is 0 Å². The van der Waals surface area contributed by atoms with E-state index in [-0.39, 0.29) is 5.78 Å². The van der Waals surface area contributed by atoms with Crippen LogP contribution < -0.4 is 0 Å². The normalized spacial score (nSPS) is 21.2. The number of aromatic nitrogens is 1. The zero-order valence-corrected chi connectivity index (χ0v) is 10.9. The van der Waals surface area contributed by atoms with Gasteiger partial charge in [0.15, 0.2) is 11.5 Å². The van der Waals surface area contributed by atoms with Gasteiger partial charge in [0.05, 0.1) is 11.3 Å². The van der Waals surface area contributed by atoms with Gasteiger partial charge in [0.1, 0.15) is 6.10 Å². The molecule has 0 amide bonds. The fourth-order valence-electron chi connectivity index (χ4n) is 2.50. The Hall–Kier alpha value is -1.94. The third-order valence-electron chi connectivity index (χ3n) is 3.66. The number of aliphatic hydroxyl groups excluding tert-OH is 1. The van der Waals surface area contributed by atoms with Gasteiger partial charge in [-0.15, -0.1) is 0 Å². The first kappa shape index (κ1) is 12.1. The number of ketones is 1. The zero-order valence-electron chi connectivity index (χ0n) is 10.9. The van der Waals surface area contributed by atoms with Gasteiger partial charge < -0.3 is 9.63 Å². The molecule has 4 nitrogen and oxygen atoms in total. The van der Waals surface area contributed by atoms with Gasteiger partial charge in [-0.3, -0.25) is 4.79 Å². The van der Waals surface area contributed by atoms with Crippen LogP contribution in [0, 0.1) is 5.41 Å². The zero-order chi connectivity index (χ0) is 13.6. The molecule has 0 saturated heterocycles. The summed E-state index contributed by atoms with van der Waals surface area (Å²) in [5.74, 6) is 0.154. The third kappa shape index (κ3) is 1.79. The van der Waals surface area contributed by atoms with Crippen LogP contribution in [-0.2, 0) is 6.42 Å². The van der Waals surface area contributed by atoms with Crippen molar-refractivity contribution in [1.82, 2.24) is 5.16 Å². The summed E-state index contributed by atoms with van der Waals surface area (Å²) < 4.78 is 5.33. The average molecular weight is 257 g/mol. The van der Waals surface area contributed by atoms with Gasteiger partial charge >= 0.3 is 0 Å². The molecule has 1 N–H and O–H groups in total. The molecule has 0 saturated carbocycles. The number of carbonyl (C=O) groups excluding carboxylic acids is 1. The molecule has 1 atom stereocenters. The van der Waals surface area contributed by atoms with Crippen molar-refractivity contribution < 1.29 is 14.4 Å². The summed E-state index contributed by atoms with van der Waals surface area (Å²) >= 11 is 0. The monoisotopic (exact) mass is 257 g/mol. The maximum Gasteiger partial charge on any atom is 0.197 e. The van der Waals surface area contributed by atoms with Crippen LogP contribution in [0.4, 0.5) is 0 Å². The fraction of sp³-hybridized carbons (Fsp3) is 0.333. The summed E-state index contributed by atoms with van der Waals surface area (Å²) in [6.45, 7) is 3.71. The highest BCUT2D eigenvalue weighted by atomic mass is 16.5. The van der Waals surface area contributed by atoms with Gasteiger partial charge in [-0.2, -0.15) is 0 Å². The van der Waals surface area contributed by atoms with Crippen LogP contribution in [0.2, 0.25) is 0 Å². The Bertz CT molecular complexity index is 628. The lowest BCUT2D eigenvalue weighted by atomic mass is 9.73. The van der Waals surface area contributed by atoms with Crippen molar-refractivity contribution in [3.05, 3.63) is 41.6 Å². The second-order valence-electron chi connectivity index (χ2n) is 5.63. The second-order valence-corrected chi connectivity index (χ2v) is 5.63. The molecule has 19 heavy (non-hydrogen) atoms. The molecule has 0 bridgehead atoms. The molecule has 4 heteroatoms.